The van der Waals surface area contributed by atoms with Crippen molar-refractivity contribution in [3.05, 3.63) is 199 Å². The van der Waals surface area contributed by atoms with Gasteiger partial charge in [0, 0.05) is 33.8 Å². The molecule has 0 aliphatic rings. The molecule has 0 heterocycles. The van der Waals surface area contributed by atoms with Gasteiger partial charge >= 0.3 is 0 Å². The molecule has 3 amide bonds. The molecule has 7 aromatic rings. The average molecular weight is 712 g/mol. The van der Waals surface area contributed by atoms with E-state index in [0.29, 0.717) is 51.4 Å². The molecule has 0 atom stereocenters. The smallest absolute Gasteiger partial charge is 0.255 e. The van der Waals surface area contributed by atoms with Crippen molar-refractivity contribution in [1.29, 1.82) is 0 Å². The number of ether oxygens (including phenoxy) is 3. The third-order valence-corrected chi connectivity index (χ3v) is 7.99. The number of benzene rings is 7. The van der Waals surface area contributed by atoms with E-state index >= 15 is 0 Å². The van der Waals surface area contributed by atoms with Crippen LogP contribution in [0.3, 0.4) is 0 Å². The SMILES string of the molecule is O=C(Nc1cc(C(=O)Nc2ccc(Oc3ccccc3)cc2)cc(C(=O)Nc2ccc(Oc3ccccc3)cc2)c1)c1ccc(Oc2ccccc2)cc1. The highest BCUT2D eigenvalue weighted by atomic mass is 16.5. The van der Waals surface area contributed by atoms with Crippen LogP contribution in [-0.4, -0.2) is 17.7 Å². The van der Waals surface area contributed by atoms with Crippen LogP contribution in [-0.2, 0) is 0 Å². The molecule has 0 saturated carbocycles. The molecule has 9 nitrogen and oxygen atoms in total. The maximum atomic E-state index is 13.6. The molecule has 0 radical (unpaired) electrons. The Morgan fingerprint density at radius 2 is 0.593 bits per heavy atom. The second-order valence-electron chi connectivity index (χ2n) is 12.0. The first kappa shape index (κ1) is 34.8. The molecule has 0 unspecified atom stereocenters. The fraction of sp³-hybridized carbons (Fsp3) is 0. The Morgan fingerprint density at radius 3 is 0.963 bits per heavy atom. The molecule has 54 heavy (non-hydrogen) atoms. The predicted octanol–water partition coefficient (Wildman–Crippen LogP) is 10.8. The summed E-state index contributed by atoms with van der Waals surface area (Å²) in [5, 5.41) is 8.56. The molecule has 0 fully saturated rings. The predicted molar refractivity (Wildman–Crippen MR) is 209 cm³/mol. The topological polar surface area (TPSA) is 115 Å². The number of hydrogen-bond acceptors (Lipinski definition) is 6. The molecule has 0 aliphatic carbocycles. The maximum Gasteiger partial charge on any atom is 0.255 e. The minimum atomic E-state index is -0.485. The molecule has 0 spiro atoms. The van der Waals surface area contributed by atoms with Crippen LogP contribution in [0.1, 0.15) is 31.1 Å². The molecule has 0 aromatic heterocycles. The number of nitrogens with one attached hydrogen (secondary N) is 3. The second kappa shape index (κ2) is 16.6. The van der Waals surface area contributed by atoms with Crippen LogP contribution in [0.5, 0.6) is 34.5 Å². The molecule has 7 aromatic carbocycles. The van der Waals surface area contributed by atoms with Crippen LogP contribution in [0.15, 0.2) is 182 Å². The van der Waals surface area contributed by atoms with Gasteiger partial charge in [0.05, 0.1) is 0 Å². The van der Waals surface area contributed by atoms with Crippen molar-refractivity contribution in [2.24, 2.45) is 0 Å². The van der Waals surface area contributed by atoms with Gasteiger partial charge in [-0.2, -0.15) is 0 Å². The molecular weight excluding hydrogens is 679 g/mol. The molecule has 0 aliphatic heterocycles. The quantitative estimate of drug-likeness (QED) is 0.116. The van der Waals surface area contributed by atoms with Gasteiger partial charge in [-0.1, -0.05) is 54.6 Å². The summed E-state index contributed by atoms with van der Waals surface area (Å²) in [4.78, 5) is 40.6. The summed E-state index contributed by atoms with van der Waals surface area (Å²) in [6.45, 7) is 0. The van der Waals surface area contributed by atoms with Gasteiger partial charge in [-0.3, -0.25) is 14.4 Å². The summed E-state index contributed by atoms with van der Waals surface area (Å²) < 4.78 is 17.6. The number of hydrogen-bond donors (Lipinski definition) is 3. The Labute approximate surface area is 311 Å². The van der Waals surface area contributed by atoms with Crippen molar-refractivity contribution >= 4 is 34.8 Å². The highest BCUT2D eigenvalue weighted by Crippen LogP contribution is 2.26. The van der Waals surface area contributed by atoms with E-state index in [1.807, 2.05) is 91.0 Å². The lowest BCUT2D eigenvalue weighted by molar-refractivity contribution is 0.101. The van der Waals surface area contributed by atoms with Gasteiger partial charge in [0.2, 0.25) is 0 Å². The third-order valence-electron chi connectivity index (χ3n) is 7.99. The van der Waals surface area contributed by atoms with E-state index in [2.05, 4.69) is 16.0 Å². The van der Waals surface area contributed by atoms with E-state index in [4.69, 9.17) is 14.2 Å². The Morgan fingerprint density at radius 1 is 0.296 bits per heavy atom. The first-order chi connectivity index (χ1) is 26.4. The monoisotopic (exact) mass is 711 g/mol. The lowest BCUT2D eigenvalue weighted by Crippen LogP contribution is -2.18. The normalized spacial score (nSPS) is 10.4. The summed E-state index contributed by atoms with van der Waals surface area (Å²) in [7, 11) is 0. The van der Waals surface area contributed by atoms with E-state index in [0.717, 1.165) is 0 Å². The van der Waals surface area contributed by atoms with Crippen molar-refractivity contribution in [3.8, 4) is 34.5 Å². The van der Waals surface area contributed by atoms with Crippen LogP contribution >= 0.6 is 0 Å². The van der Waals surface area contributed by atoms with Crippen LogP contribution < -0.4 is 30.2 Å². The van der Waals surface area contributed by atoms with Gasteiger partial charge in [0.1, 0.15) is 34.5 Å². The summed E-state index contributed by atoms with van der Waals surface area (Å²) >= 11 is 0. The maximum absolute atomic E-state index is 13.6. The molecule has 7 rings (SSSR count). The summed E-state index contributed by atoms with van der Waals surface area (Å²) in [6.07, 6.45) is 0. The first-order valence-corrected chi connectivity index (χ1v) is 17.0. The summed E-state index contributed by atoms with van der Waals surface area (Å²) in [5.74, 6) is 2.40. The van der Waals surface area contributed by atoms with Crippen LogP contribution in [0, 0.1) is 0 Å². The Hall–Kier alpha value is -7.65. The van der Waals surface area contributed by atoms with Crippen molar-refractivity contribution in [3.63, 3.8) is 0 Å². The molecule has 0 bridgehead atoms. The van der Waals surface area contributed by atoms with Gasteiger partial charge < -0.3 is 30.2 Å². The second-order valence-corrected chi connectivity index (χ2v) is 12.0. The number of carbonyl (C=O) groups is 3. The average Bonchev–Trinajstić information content (AvgIpc) is 3.20. The zero-order valence-corrected chi connectivity index (χ0v) is 28.8. The Kier molecular flexibility index (Phi) is 10.7. The molecule has 3 N–H and O–H groups in total. The standard InChI is InChI=1S/C45H33N3O6/c49-43(31-16-22-40(23-17-31)52-37-10-4-1-5-11-37)48-36-29-32(44(50)46-34-18-24-41(25-19-34)53-38-12-6-2-7-13-38)28-33(30-36)45(51)47-35-20-26-42(27-21-35)54-39-14-8-3-9-15-39/h1-30H,(H,46,50)(H,47,51)(H,48,49). The Bertz CT molecular complexity index is 2230. The van der Waals surface area contributed by atoms with Gasteiger partial charge in [0.25, 0.3) is 17.7 Å². The van der Waals surface area contributed by atoms with E-state index in [-0.39, 0.29) is 16.8 Å². The van der Waals surface area contributed by atoms with Gasteiger partial charge in [-0.15, -0.1) is 0 Å². The first-order valence-electron chi connectivity index (χ1n) is 17.0. The zero-order chi connectivity index (χ0) is 37.1. The van der Waals surface area contributed by atoms with Crippen molar-refractivity contribution in [2.45, 2.75) is 0 Å². The van der Waals surface area contributed by atoms with Crippen LogP contribution in [0.25, 0.3) is 0 Å². The van der Waals surface area contributed by atoms with Gasteiger partial charge in [0.15, 0.2) is 0 Å². The third kappa shape index (κ3) is 9.36. The molecule has 0 saturated heterocycles. The summed E-state index contributed by atoms with van der Waals surface area (Å²) in [5.41, 5.74) is 1.93. The number of amides is 3. The van der Waals surface area contributed by atoms with Crippen molar-refractivity contribution in [2.75, 3.05) is 16.0 Å². The Balaban J connectivity index is 1.08. The number of anilines is 3. The van der Waals surface area contributed by atoms with Gasteiger partial charge in [-0.25, -0.2) is 0 Å². The minimum absolute atomic E-state index is 0.154. The summed E-state index contributed by atoms with van der Waals surface area (Å²) in [6, 6.07) is 53.0. The van der Waals surface area contributed by atoms with Crippen molar-refractivity contribution < 1.29 is 28.6 Å². The number of carbonyl (C=O) groups excluding carboxylic acids is 3. The zero-order valence-electron chi connectivity index (χ0n) is 28.8. The van der Waals surface area contributed by atoms with Crippen molar-refractivity contribution in [1.82, 2.24) is 0 Å². The lowest BCUT2D eigenvalue weighted by atomic mass is 10.1. The van der Waals surface area contributed by atoms with E-state index < -0.39 is 17.7 Å². The fourth-order valence-corrected chi connectivity index (χ4v) is 5.33. The van der Waals surface area contributed by atoms with E-state index in [1.165, 1.54) is 18.2 Å². The molecule has 264 valence electrons. The number of para-hydroxylation sites is 3. The van der Waals surface area contributed by atoms with Gasteiger partial charge in [-0.05, 0) is 127 Å². The lowest BCUT2D eigenvalue weighted by Gasteiger charge is -2.13. The van der Waals surface area contributed by atoms with Crippen LogP contribution in [0.2, 0.25) is 0 Å². The fourth-order valence-electron chi connectivity index (χ4n) is 5.33. The molecule has 9 heteroatoms. The molecular formula is C45H33N3O6. The highest BCUT2D eigenvalue weighted by Gasteiger charge is 2.17. The largest absolute Gasteiger partial charge is 0.457 e. The van der Waals surface area contributed by atoms with E-state index in [1.54, 1.807) is 72.8 Å². The number of rotatable bonds is 12. The van der Waals surface area contributed by atoms with E-state index in [9.17, 15) is 14.4 Å². The van der Waals surface area contributed by atoms with Crippen LogP contribution in [0.4, 0.5) is 17.1 Å². The minimum Gasteiger partial charge on any atom is -0.457 e. The highest BCUT2D eigenvalue weighted by molar-refractivity contribution is 6.11.